The van der Waals surface area contributed by atoms with Gasteiger partial charge in [-0.3, -0.25) is 18.9 Å². The van der Waals surface area contributed by atoms with Crippen molar-refractivity contribution in [3.8, 4) is 0 Å². The van der Waals surface area contributed by atoms with Crippen molar-refractivity contribution in [2.45, 2.75) is 19.0 Å². The van der Waals surface area contributed by atoms with Gasteiger partial charge in [-0.2, -0.15) is 0 Å². The zero-order valence-electron chi connectivity index (χ0n) is 13.6. The molecule has 0 bridgehead atoms. The number of fused-ring (bicyclic) bond motifs is 1. The largest absolute Gasteiger partial charge is 0.325 e. The van der Waals surface area contributed by atoms with E-state index in [4.69, 9.17) is 0 Å². The number of hydrogen-bond acceptors (Lipinski definition) is 5. The summed E-state index contributed by atoms with van der Waals surface area (Å²) in [5.74, 6) is -0.381. The number of carbonyl (C=O) groups excluding carboxylic acids is 2. The molecule has 3 amide bonds. The minimum Gasteiger partial charge on any atom is -0.319 e. The Balaban J connectivity index is 1.68. The molecule has 0 unspecified atom stereocenters. The summed E-state index contributed by atoms with van der Waals surface area (Å²) in [7, 11) is 0. The Labute approximate surface area is 160 Å². The number of amides is 3. The third-order valence-corrected chi connectivity index (χ3v) is 5.60. The number of hydrogen-bond donors (Lipinski definition) is 1. The number of imide groups is 1. The van der Waals surface area contributed by atoms with E-state index in [-0.39, 0.29) is 18.0 Å². The molecular weight excluding hydrogens is 420 g/mol. The molecule has 1 aliphatic rings. The van der Waals surface area contributed by atoms with Crippen molar-refractivity contribution < 1.29 is 9.59 Å². The van der Waals surface area contributed by atoms with Crippen LogP contribution in [-0.4, -0.2) is 26.2 Å². The van der Waals surface area contributed by atoms with E-state index in [2.05, 4.69) is 26.2 Å². The first-order valence-electron chi connectivity index (χ1n) is 7.74. The summed E-state index contributed by atoms with van der Waals surface area (Å²) < 4.78 is 2.24. The molecule has 7 nitrogen and oxygen atoms in total. The fourth-order valence-electron chi connectivity index (χ4n) is 2.97. The van der Waals surface area contributed by atoms with Crippen LogP contribution in [0, 0.1) is 0 Å². The summed E-state index contributed by atoms with van der Waals surface area (Å²) >= 11 is 4.70. The molecule has 0 aliphatic carbocycles. The van der Waals surface area contributed by atoms with Crippen molar-refractivity contribution in [1.29, 1.82) is 0 Å². The second-order valence-corrected chi connectivity index (χ2v) is 7.89. The summed E-state index contributed by atoms with van der Waals surface area (Å²) in [4.78, 5) is 43.5. The fraction of sp³-hybridized carbons (Fsp3) is 0.176. The molecule has 1 saturated heterocycles. The van der Waals surface area contributed by atoms with Gasteiger partial charge in [0, 0.05) is 22.1 Å². The van der Waals surface area contributed by atoms with Gasteiger partial charge in [0.15, 0.2) is 4.96 Å². The Morgan fingerprint density at radius 2 is 2.08 bits per heavy atom. The van der Waals surface area contributed by atoms with Crippen LogP contribution in [0.3, 0.4) is 0 Å². The summed E-state index contributed by atoms with van der Waals surface area (Å²) in [5, 5.41) is 4.50. The molecule has 0 radical (unpaired) electrons. The molecule has 132 valence electrons. The maximum atomic E-state index is 13.0. The number of carbonyl (C=O) groups is 2. The molecule has 1 N–H and O–H groups in total. The number of urea groups is 1. The molecule has 1 aliphatic heterocycles. The minimum atomic E-state index is -1.16. The summed E-state index contributed by atoms with van der Waals surface area (Å²) in [6.07, 6.45) is 1.64. The molecule has 3 aromatic rings. The summed E-state index contributed by atoms with van der Waals surface area (Å²) in [6, 6.07) is 8.07. The van der Waals surface area contributed by atoms with Gasteiger partial charge >= 0.3 is 6.03 Å². The van der Waals surface area contributed by atoms with Gasteiger partial charge in [-0.1, -0.05) is 28.1 Å². The highest BCUT2D eigenvalue weighted by Crippen LogP contribution is 2.31. The zero-order chi connectivity index (χ0) is 18.5. The standard InChI is InChI=1S/C17H13BrN4O3S/c1-17(10-3-2-4-11(18)7-10)14(24)22(15(25)20-17)9-12-8-13(23)21-5-6-26-16(21)19-12/h2-8H,9H2,1H3,(H,20,25)/t17-/m0/s1. The number of nitrogens with one attached hydrogen (secondary N) is 1. The van der Waals surface area contributed by atoms with Crippen molar-refractivity contribution in [2.24, 2.45) is 0 Å². The van der Waals surface area contributed by atoms with Crippen LogP contribution < -0.4 is 10.9 Å². The summed E-state index contributed by atoms with van der Waals surface area (Å²) in [6.45, 7) is 1.61. The number of rotatable bonds is 3. The number of nitrogens with zero attached hydrogens (tertiary/aromatic N) is 3. The second kappa shape index (κ2) is 6.03. The van der Waals surface area contributed by atoms with E-state index in [0.717, 1.165) is 9.37 Å². The van der Waals surface area contributed by atoms with Gasteiger partial charge in [0.05, 0.1) is 12.2 Å². The van der Waals surface area contributed by atoms with E-state index in [9.17, 15) is 14.4 Å². The van der Waals surface area contributed by atoms with Crippen LogP contribution in [0.25, 0.3) is 4.96 Å². The van der Waals surface area contributed by atoms with Crippen LogP contribution in [-0.2, 0) is 16.9 Å². The topological polar surface area (TPSA) is 83.8 Å². The van der Waals surface area contributed by atoms with Crippen LogP contribution in [0.2, 0.25) is 0 Å². The van der Waals surface area contributed by atoms with Gasteiger partial charge in [0.25, 0.3) is 11.5 Å². The highest BCUT2D eigenvalue weighted by Gasteiger charge is 2.49. The van der Waals surface area contributed by atoms with Gasteiger partial charge in [-0.15, -0.1) is 11.3 Å². The lowest BCUT2D eigenvalue weighted by Crippen LogP contribution is -2.40. The molecule has 1 aromatic carbocycles. The third-order valence-electron chi connectivity index (χ3n) is 4.35. The Kier molecular flexibility index (Phi) is 3.92. The van der Waals surface area contributed by atoms with Gasteiger partial charge in [-0.05, 0) is 24.6 Å². The Morgan fingerprint density at radius 3 is 2.85 bits per heavy atom. The second-order valence-electron chi connectivity index (χ2n) is 6.10. The molecule has 0 saturated carbocycles. The smallest absolute Gasteiger partial charge is 0.319 e. The lowest BCUT2D eigenvalue weighted by Gasteiger charge is -2.22. The van der Waals surface area contributed by atoms with Crippen LogP contribution in [0.4, 0.5) is 4.79 Å². The van der Waals surface area contributed by atoms with Gasteiger partial charge < -0.3 is 5.32 Å². The third kappa shape index (κ3) is 2.63. The summed E-state index contributed by atoms with van der Waals surface area (Å²) in [5.41, 5.74) is -0.356. The van der Waals surface area contributed by atoms with Crippen molar-refractivity contribution in [3.63, 3.8) is 0 Å². The monoisotopic (exact) mass is 432 g/mol. The van der Waals surface area contributed by atoms with E-state index in [1.54, 1.807) is 36.7 Å². The average molecular weight is 433 g/mol. The predicted molar refractivity (Wildman–Crippen MR) is 99.9 cm³/mol. The number of benzene rings is 1. The van der Waals surface area contributed by atoms with Crippen molar-refractivity contribution in [1.82, 2.24) is 19.6 Å². The molecule has 4 rings (SSSR count). The maximum Gasteiger partial charge on any atom is 0.325 e. The first-order chi connectivity index (χ1) is 12.4. The molecule has 2 aromatic heterocycles. The first-order valence-corrected chi connectivity index (χ1v) is 9.42. The normalized spacial score (nSPS) is 20.0. The van der Waals surface area contributed by atoms with Crippen LogP contribution >= 0.6 is 27.3 Å². The number of aromatic nitrogens is 2. The van der Waals surface area contributed by atoms with E-state index in [0.29, 0.717) is 16.2 Å². The molecule has 1 fully saturated rings. The SMILES string of the molecule is C[C@@]1(c2cccc(Br)c2)NC(=O)N(Cc2cc(=O)n3ccsc3n2)C1=O. The molecule has 0 spiro atoms. The van der Waals surface area contributed by atoms with Gasteiger partial charge in [-0.25, -0.2) is 9.78 Å². The van der Waals surface area contributed by atoms with E-state index in [1.807, 2.05) is 6.07 Å². The van der Waals surface area contributed by atoms with Crippen molar-refractivity contribution in [3.05, 3.63) is 68.0 Å². The van der Waals surface area contributed by atoms with Crippen molar-refractivity contribution in [2.75, 3.05) is 0 Å². The molecule has 3 heterocycles. The molecular formula is C17H13BrN4O3S. The van der Waals surface area contributed by atoms with Gasteiger partial charge in [0.1, 0.15) is 5.54 Å². The Hall–Kier alpha value is -2.52. The Morgan fingerprint density at radius 1 is 1.27 bits per heavy atom. The maximum absolute atomic E-state index is 13.0. The van der Waals surface area contributed by atoms with Gasteiger partial charge in [0.2, 0.25) is 0 Å². The predicted octanol–water partition coefficient (Wildman–Crippen LogP) is 2.49. The van der Waals surface area contributed by atoms with E-state index in [1.165, 1.54) is 21.8 Å². The van der Waals surface area contributed by atoms with Crippen LogP contribution in [0.15, 0.2) is 51.2 Å². The molecule has 1 atom stereocenters. The highest BCUT2D eigenvalue weighted by molar-refractivity contribution is 9.10. The average Bonchev–Trinajstić information content (AvgIpc) is 3.15. The first kappa shape index (κ1) is 16.9. The number of thiazole rings is 1. The van der Waals surface area contributed by atoms with E-state index < -0.39 is 11.6 Å². The number of halogens is 1. The van der Waals surface area contributed by atoms with Crippen LogP contribution in [0.5, 0.6) is 0 Å². The Bertz CT molecular complexity index is 1110. The van der Waals surface area contributed by atoms with Crippen molar-refractivity contribution >= 4 is 44.2 Å². The van der Waals surface area contributed by atoms with E-state index >= 15 is 0 Å². The minimum absolute atomic E-state index is 0.0576. The molecule has 9 heteroatoms. The quantitative estimate of drug-likeness (QED) is 0.644. The fourth-order valence-corrected chi connectivity index (χ4v) is 4.10. The molecule has 26 heavy (non-hydrogen) atoms. The lowest BCUT2D eigenvalue weighted by molar-refractivity contribution is -0.131. The highest BCUT2D eigenvalue weighted by atomic mass is 79.9. The lowest BCUT2D eigenvalue weighted by atomic mass is 9.92. The zero-order valence-corrected chi connectivity index (χ0v) is 16.0. The van der Waals surface area contributed by atoms with Crippen LogP contribution in [0.1, 0.15) is 18.2 Å².